The van der Waals surface area contributed by atoms with Crippen molar-refractivity contribution < 1.29 is 14.0 Å². The zero-order valence-electron chi connectivity index (χ0n) is 13.7. The topological polar surface area (TPSA) is 62.6 Å². The van der Waals surface area contributed by atoms with Gasteiger partial charge < -0.3 is 14.6 Å². The van der Waals surface area contributed by atoms with E-state index in [9.17, 15) is 9.59 Å². The van der Waals surface area contributed by atoms with E-state index >= 15 is 0 Å². The van der Waals surface area contributed by atoms with Gasteiger partial charge in [-0.3, -0.25) is 9.59 Å². The molecule has 1 aliphatic carbocycles. The summed E-state index contributed by atoms with van der Waals surface area (Å²) in [7, 11) is 0. The van der Waals surface area contributed by atoms with Crippen LogP contribution in [0.15, 0.2) is 28.7 Å². The lowest BCUT2D eigenvalue weighted by Crippen LogP contribution is -2.29. The quantitative estimate of drug-likeness (QED) is 0.933. The molecule has 5 heteroatoms. The molecule has 0 radical (unpaired) electrons. The van der Waals surface area contributed by atoms with Crippen LogP contribution in [0, 0.1) is 5.92 Å². The third-order valence-electron chi connectivity index (χ3n) is 5.16. The number of nitrogens with zero attached hydrogens (tertiary/aromatic N) is 1. The van der Waals surface area contributed by atoms with E-state index < -0.39 is 0 Å². The average Bonchev–Trinajstić information content (AvgIpc) is 3.35. The van der Waals surface area contributed by atoms with Gasteiger partial charge in [-0.05, 0) is 37.8 Å². The highest BCUT2D eigenvalue weighted by Gasteiger charge is 2.30. The molecule has 1 N–H and O–H groups in total. The number of benzene rings is 1. The lowest BCUT2D eigenvalue weighted by atomic mass is 10.1. The Bertz CT molecular complexity index is 768. The molecule has 2 heterocycles. The Balaban J connectivity index is 1.69. The average molecular weight is 326 g/mol. The van der Waals surface area contributed by atoms with Crippen molar-refractivity contribution in [3.63, 3.8) is 0 Å². The molecule has 0 bridgehead atoms. The monoisotopic (exact) mass is 326 g/mol. The fourth-order valence-corrected chi connectivity index (χ4v) is 3.80. The predicted molar refractivity (Wildman–Crippen MR) is 91.9 cm³/mol. The van der Waals surface area contributed by atoms with Crippen molar-refractivity contribution in [1.29, 1.82) is 0 Å². The molecule has 4 rings (SSSR count). The van der Waals surface area contributed by atoms with Crippen molar-refractivity contribution in [2.75, 3.05) is 18.4 Å². The van der Waals surface area contributed by atoms with Gasteiger partial charge in [0.15, 0.2) is 0 Å². The van der Waals surface area contributed by atoms with Gasteiger partial charge in [0.25, 0.3) is 5.91 Å². The van der Waals surface area contributed by atoms with Gasteiger partial charge in [-0.25, -0.2) is 0 Å². The minimum Gasteiger partial charge on any atom is -0.449 e. The first-order valence-corrected chi connectivity index (χ1v) is 8.86. The first-order chi connectivity index (χ1) is 11.7. The van der Waals surface area contributed by atoms with E-state index in [1.54, 1.807) is 0 Å². The number of fused-ring (bicyclic) bond motifs is 1. The van der Waals surface area contributed by atoms with Crippen molar-refractivity contribution in [3.05, 3.63) is 30.0 Å². The third kappa shape index (κ3) is 2.68. The number of furan rings is 1. The van der Waals surface area contributed by atoms with Gasteiger partial charge in [0.1, 0.15) is 11.3 Å². The largest absolute Gasteiger partial charge is 0.449 e. The van der Waals surface area contributed by atoms with Gasteiger partial charge in [-0.2, -0.15) is 0 Å². The molecule has 0 atom stereocenters. The summed E-state index contributed by atoms with van der Waals surface area (Å²) in [4.78, 5) is 27.2. The molecule has 1 aliphatic heterocycles. The fourth-order valence-electron chi connectivity index (χ4n) is 3.80. The molecule has 24 heavy (non-hydrogen) atoms. The van der Waals surface area contributed by atoms with Crippen molar-refractivity contribution in [1.82, 2.24) is 4.90 Å². The number of carbonyl (C=O) groups is 2. The van der Waals surface area contributed by atoms with Crippen LogP contribution in [0.2, 0.25) is 0 Å². The number of nitrogens with one attached hydrogen (secondary N) is 1. The Kier molecular flexibility index (Phi) is 4.00. The summed E-state index contributed by atoms with van der Waals surface area (Å²) in [5.74, 6) is 0.206. The van der Waals surface area contributed by atoms with Crippen molar-refractivity contribution >= 4 is 28.5 Å². The zero-order valence-corrected chi connectivity index (χ0v) is 13.7. The molecule has 2 fully saturated rings. The molecule has 1 saturated carbocycles. The van der Waals surface area contributed by atoms with Crippen LogP contribution >= 0.6 is 0 Å². The number of carbonyl (C=O) groups excluding carboxylic acids is 2. The van der Waals surface area contributed by atoms with Gasteiger partial charge in [0.05, 0.1) is 0 Å². The molecular formula is C19H22N2O3. The highest BCUT2D eigenvalue weighted by molar-refractivity contribution is 6.11. The highest BCUT2D eigenvalue weighted by Crippen LogP contribution is 2.34. The van der Waals surface area contributed by atoms with Gasteiger partial charge >= 0.3 is 0 Å². The minimum atomic E-state index is -0.120. The number of hydrogen-bond acceptors (Lipinski definition) is 3. The number of para-hydroxylation sites is 1. The fraction of sp³-hybridized carbons (Fsp3) is 0.474. The minimum absolute atomic E-state index is 0.00882. The molecule has 1 aromatic heterocycles. The summed E-state index contributed by atoms with van der Waals surface area (Å²) < 4.78 is 5.83. The SMILES string of the molecule is O=C(Nc1c(C(=O)N2CCCC2)oc2ccccc12)C1CCCC1. The van der Waals surface area contributed by atoms with E-state index in [-0.39, 0.29) is 23.5 Å². The normalized spacial score (nSPS) is 18.4. The third-order valence-corrected chi connectivity index (χ3v) is 5.16. The number of hydrogen-bond donors (Lipinski definition) is 1. The van der Waals surface area contributed by atoms with E-state index in [0.29, 0.717) is 11.3 Å². The smallest absolute Gasteiger partial charge is 0.291 e. The van der Waals surface area contributed by atoms with Crippen LogP contribution in [0.3, 0.4) is 0 Å². The molecule has 126 valence electrons. The summed E-state index contributed by atoms with van der Waals surface area (Å²) >= 11 is 0. The van der Waals surface area contributed by atoms with Crippen LogP contribution in [0.25, 0.3) is 11.0 Å². The van der Waals surface area contributed by atoms with Gasteiger partial charge in [0, 0.05) is 24.4 Å². The second-order valence-electron chi connectivity index (χ2n) is 6.77. The summed E-state index contributed by atoms with van der Waals surface area (Å²) in [5, 5.41) is 3.80. The maximum Gasteiger partial charge on any atom is 0.291 e. The Morgan fingerprint density at radius 2 is 1.75 bits per heavy atom. The Labute approximate surface area is 141 Å². The Hall–Kier alpha value is -2.30. The summed E-state index contributed by atoms with van der Waals surface area (Å²) in [6.07, 6.45) is 6.10. The summed E-state index contributed by atoms with van der Waals surface area (Å²) in [6, 6.07) is 7.50. The number of anilines is 1. The molecule has 5 nitrogen and oxygen atoms in total. The number of amides is 2. The Morgan fingerprint density at radius 3 is 2.50 bits per heavy atom. The molecule has 1 aromatic carbocycles. The van der Waals surface area contributed by atoms with Crippen LogP contribution in [-0.4, -0.2) is 29.8 Å². The Morgan fingerprint density at radius 1 is 1.04 bits per heavy atom. The second-order valence-corrected chi connectivity index (χ2v) is 6.77. The molecule has 2 amide bonds. The molecule has 1 saturated heterocycles. The second kappa shape index (κ2) is 6.30. The van der Waals surface area contributed by atoms with Crippen molar-refractivity contribution in [2.45, 2.75) is 38.5 Å². The van der Waals surface area contributed by atoms with Crippen LogP contribution in [-0.2, 0) is 4.79 Å². The van der Waals surface area contributed by atoms with Gasteiger partial charge in [-0.15, -0.1) is 0 Å². The van der Waals surface area contributed by atoms with Crippen LogP contribution in [0.5, 0.6) is 0 Å². The molecular weight excluding hydrogens is 304 g/mol. The summed E-state index contributed by atoms with van der Waals surface area (Å²) in [5.41, 5.74) is 1.18. The standard InChI is InChI=1S/C19H22N2O3/c22-18(13-7-1-2-8-13)20-16-14-9-3-4-10-15(14)24-17(16)19(23)21-11-5-6-12-21/h3-4,9-10,13H,1-2,5-8,11-12H2,(H,20,22). The van der Waals surface area contributed by atoms with E-state index in [2.05, 4.69) is 5.32 Å². The predicted octanol–water partition coefficient (Wildman–Crippen LogP) is 3.80. The van der Waals surface area contributed by atoms with Crippen molar-refractivity contribution in [3.8, 4) is 0 Å². The maximum absolute atomic E-state index is 12.8. The molecule has 0 spiro atoms. The zero-order chi connectivity index (χ0) is 16.5. The van der Waals surface area contributed by atoms with Crippen molar-refractivity contribution in [2.24, 2.45) is 5.92 Å². The highest BCUT2D eigenvalue weighted by atomic mass is 16.3. The van der Waals surface area contributed by atoms with Crippen LogP contribution in [0.4, 0.5) is 5.69 Å². The lowest BCUT2D eigenvalue weighted by Gasteiger charge is -2.15. The van der Waals surface area contributed by atoms with Gasteiger partial charge in [0.2, 0.25) is 11.7 Å². The molecule has 0 unspecified atom stereocenters. The molecule has 2 aliphatic rings. The van der Waals surface area contributed by atoms with Gasteiger partial charge in [-0.1, -0.05) is 25.0 Å². The van der Waals surface area contributed by atoms with Crippen LogP contribution < -0.4 is 5.32 Å². The first-order valence-electron chi connectivity index (χ1n) is 8.86. The lowest BCUT2D eigenvalue weighted by molar-refractivity contribution is -0.119. The van der Waals surface area contributed by atoms with E-state index in [0.717, 1.165) is 57.0 Å². The summed E-state index contributed by atoms with van der Waals surface area (Å²) in [6.45, 7) is 1.51. The van der Waals surface area contributed by atoms with E-state index in [1.165, 1.54) is 0 Å². The molecule has 2 aromatic rings. The first kappa shape index (κ1) is 15.2. The van der Waals surface area contributed by atoms with E-state index in [4.69, 9.17) is 4.42 Å². The number of rotatable bonds is 3. The van der Waals surface area contributed by atoms with Crippen LogP contribution in [0.1, 0.15) is 49.1 Å². The maximum atomic E-state index is 12.8. The number of likely N-dealkylation sites (tertiary alicyclic amines) is 1. The van der Waals surface area contributed by atoms with E-state index in [1.807, 2.05) is 29.2 Å².